The van der Waals surface area contributed by atoms with Crippen LogP contribution in [0.2, 0.25) is 0 Å². The van der Waals surface area contributed by atoms with Gasteiger partial charge >= 0.3 is 0 Å². The smallest absolute Gasteiger partial charge is 0.119 e. The van der Waals surface area contributed by atoms with Crippen molar-refractivity contribution in [2.45, 2.75) is 19.4 Å². The molecular formula is C6H12N2O. The van der Waals surface area contributed by atoms with Crippen LogP contribution in [0.5, 0.6) is 0 Å². The van der Waals surface area contributed by atoms with Crippen LogP contribution in [0.3, 0.4) is 0 Å². The highest BCUT2D eigenvalue weighted by atomic mass is 16.7. The van der Waals surface area contributed by atoms with E-state index in [1.54, 1.807) is 5.06 Å². The van der Waals surface area contributed by atoms with E-state index in [0.29, 0.717) is 6.67 Å². The molecule has 0 N–H and O–H groups in total. The molecular weight excluding hydrogens is 116 g/mol. The van der Waals surface area contributed by atoms with E-state index in [0.717, 1.165) is 0 Å². The van der Waals surface area contributed by atoms with Gasteiger partial charge in [0.05, 0.1) is 0 Å². The summed E-state index contributed by atoms with van der Waals surface area (Å²) in [7, 11) is 1.87. The van der Waals surface area contributed by atoms with Crippen molar-refractivity contribution in [3.05, 3.63) is 0 Å². The Morgan fingerprint density at radius 3 is 2.67 bits per heavy atom. The average molecular weight is 128 g/mol. The van der Waals surface area contributed by atoms with E-state index < -0.39 is 0 Å². The maximum Gasteiger partial charge on any atom is 0.119 e. The number of aliphatic imine (C=N–C) groups is 1. The lowest BCUT2D eigenvalue weighted by atomic mass is 10.2. The summed E-state index contributed by atoms with van der Waals surface area (Å²) in [6.45, 7) is 4.60. The maximum absolute atomic E-state index is 5.36. The zero-order chi connectivity index (χ0) is 6.91. The molecule has 3 nitrogen and oxygen atoms in total. The Labute approximate surface area is 55.3 Å². The van der Waals surface area contributed by atoms with Crippen molar-refractivity contribution in [1.82, 2.24) is 5.06 Å². The first-order valence-corrected chi connectivity index (χ1v) is 3.01. The first kappa shape index (κ1) is 6.71. The summed E-state index contributed by atoms with van der Waals surface area (Å²) in [6, 6.07) is 0. The Morgan fingerprint density at radius 1 is 1.67 bits per heavy atom. The molecule has 1 rings (SSSR count). The van der Waals surface area contributed by atoms with Gasteiger partial charge in [0.2, 0.25) is 0 Å². The van der Waals surface area contributed by atoms with Gasteiger partial charge in [0.1, 0.15) is 12.3 Å². The molecule has 1 heterocycles. The number of hydrogen-bond donors (Lipinski definition) is 0. The summed E-state index contributed by atoms with van der Waals surface area (Å²) in [4.78, 5) is 9.44. The number of rotatable bonds is 0. The summed E-state index contributed by atoms with van der Waals surface area (Å²) in [5.74, 6) is 0. The van der Waals surface area contributed by atoms with Crippen molar-refractivity contribution < 1.29 is 4.84 Å². The van der Waals surface area contributed by atoms with Gasteiger partial charge in [-0.25, -0.2) is 0 Å². The molecule has 0 amide bonds. The molecule has 0 saturated carbocycles. The number of hydrogen-bond acceptors (Lipinski definition) is 3. The van der Waals surface area contributed by atoms with Crippen molar-refractivity contribution in [3.63, 3.8) is 0 Å². The molecule has 1 aliphatic heterocycles. The highest BCUT2D eigenvalue weighted by Crippen LogP contribution is 2.11. The molecule has 0 spiro atoms. The quantitative estimate of drug-likeness (QED) is 0.479. The second kappa shape index (κ2) is 2.08. The number of hydroxylamine groups is 2. The molecule has 0 atom stereocenters. The standard InChI is InChI=1S/C6H12N2O/c1-6(2)4-7-5-8(3)9-6/h4H,5H2,1-3H3. The number of nitrogens with zero attached hydrogens (tertiary/aromatic N) is 2. The van der Waals surface area contributed by atoms with E-state index in [1.165, 1.54) is 0 Å². The van der Waals surface area contributed by atoms with E-state index in [9.17, 15) is 0 Å². The molecule has 0 aliphatic carbocycles. The predicted octanol–water partition coefficient (Wildman–Crippen LogP) is 0.670. The highest BCUT2D eigenvalue weighted by molar-refractivity contribution is 5.67. The van der Waals surface area contributed by atoms with Gasteiger partial charge in [0, 0.05) is 13.3 Å². The topological polar surface area (TPSA) is 24.8 Å². The van der Waals surface area contributed by atoms with Crippen LogP contribution in [0.25, 0.3) is 0 Å². The fourth-order valence-electron chi connectivity index (χ4n) is 0.830. The minimum Gasteiger partial charge on any atom is -0.286 e. The Balaban J connectivity index is 2.60. The first-order chi connectivity index (χ1) is 4.10. The van der Waals surface area contributed by atoms with Crippen LogP contribution in [-0.2, 0) is 4.84 Å². The highest BCUT2D eigenvalue weighted by Gasteiger charge is 2.21. The Hall–Kier alpha value is -0.410. The third-order valence-electron chi connectivity index (χ3n) is 1.07. The zero-order valence-corrected chi connectivity index (χ0v) is 6.09. The molecule has 0 fully saturated rings. The van der Waals surface area contributed by atoms with E-state index in [-0.39, 0.29) is 5.60 Å². The van der Waals surface area contributed by atoms with Crippen molar-refractivity contribution in [1.29, 1.82) is 0 Å². The normalized spacial score (nSPS) is 26.6. The molecule has 3 heteroatoms. The third kappa shape index (κ3) is 1.77. The molecule has 0 aromatic rings. The molecule has 0 radical (unpaired) electrons. The van der Waals surface area contributed by atoms with Gasteiger partial charge in [-0.3, -0.25) is 9.83 Å². The molecule has 0 bridgehead atoms. The van der Waals surface area contributed by atoms with E-state index in [4.69, 9.17) is 4.84 Å². The van der Waals surface area contributed by atoms with Crippen LogP contribution in [0.15, 0.2) is 4.99 Å². The fraction of sp³-hybridized carbons (Fsp3) is 0.833. The summed E-state index contributed by atoms with van der Waals surface area (Å²) in [5.41, 5.74) is -0.215. The van der Waals surface area contributed by atoms with E-state index in [1.807, 2.05) is 27.1 Å². The van der Waals surface area contributed by atoms with Crippen molar-refractivity contribution in [3.8, 4) is 0 Å². The fourth-order valence-corrected chi connectivity index (χ4v) is 0.830. The second-order valence-electron chi connectivity index (χ2n) is 2.78. The van der Waals surface area contributed by atoms with Gasteiger partial charge in [0.25, 0.3) is 0 Å². The van der Waals surface area contributed by atoms with Crippen LogP contribution in [0.4, 0.5) is 0 Å². The Bertz CT molecular complexity index is 131. The van der Waals surface area contributed by atoms with Gasteiger partial charge in [-0.15, -0.1) is 0 Å². The molecule has 0 aromatic carbocycles. The Morgan fingerprint density at radius 2 is 2.33 bits per heavy atom. The first-order valence-electron chi connectivity index (χ1n) is 3.01. The minimum absolute atomic E-state index is 0.215. The van der Waals surface area contributed by atoms with Crippen LogP contribution in [0.1, 0.15) is 13.8 Å². The van der Waals surface area contributed by atoms with Gasteiger partial charge in [-0.05, 0) is 13.8 Å². The molecule has 52 valence electrons. The summed E-state index contributed by atoms with van der Waals surface area (Å²) in [5, 5.41) is 1.72. The molecule has 0 saturated heterocycles. The zero-order valence-electron chi connectivity index (χ0n) is 6.09. The molecule has 1 aliphatic rings. The Kier molecular flexibility index (Phi) is 1.55. The van der Waals surface area contributed by atoms with Crippen molar-refractivity contribution in [2.24, 2.45) is 4.99 Å². The third-order valence-corrected chi connectivity index (χ3v) is 1.07. The van der Waals surface area contributed by atoms with Crippen LogP contribution < -0.4 is 0 Å². The maximum atomic E-state index is 5.36. The van der Waals surface area contributed by atoms with Crippen LogP contribution >= 0.6 is 0 Å². The molecule has 0 unspecified atom stereocenters. The molecule has 9 heavy (non-hydrogen) atoms. The minimum atomic E-state index is -0.215. The van der Waals surface area contributed by atoms with Crippen molar-refractivity contribution in [2.75, 3.05) is 13.7 Å². The van der Waals surface area contributed by atoms with Gasteiger partial charge in [-0.2, -0.15) is 5.06 Å². The van der Waals surface area contributed by atoms with E-state index in [2.05, 4.69) is 4.99 Å². The van der Waals surface area contributed by atoms with E-state index >= 15 is 0 Å². The lowest BCUT2D eigenvalue weighted by molar-refractivity contribution is -0.198. The van der Waals surface area contributed by atoms with Crippen LogP contribution in [-0.4, -0.2) is 30.6 Å². The van der Waals surface area contributed by atoms with Gasteiger partial charge < -0.3 is 0 Å². The van der Waals surface area contributed by atoms with Crippen molar-refractivity contribution >= 4 is 6.21 Å². The summed E-state index contributed by atoms with van der Waals surface area (Å²) >= 11 is 0. The predicted molar refractivity (Wildman–Crippen MR) is 36.3 cm³/mol. The summed E-state index contributed by atoms with van der Waals surface area (Å²) < 4.78 is 0. The lowest BCUT2D eigenvalue weighted by Crippen LogP contribution is -2.39. The van der Waals surface area contributed by atoms with Gasteiger partial charge in [-0.1, -0.05) is 0 Å². The second-order valence-corrected chi connectivity index (χ2v) is 2.78. The molecule has 0 aromatic heterocycles. The van der Waals surface area contributed by atoms with Crippen LogP contribution in [0, 0.1) is 0 Å². The monoisotopic (exact) mass is 128 g/mol. The van der Waals surface area contributed by atoms with Gasteiger partial charge in [0.15, 0.2) is 0 Å². The summed E-state index contributed by atoms with van der Waals surface area (Å²) in [6.07, 6.45) is 1.83. The lowest BCUT2D eigenvalue weighted by Gasteiger charge is -2.29. The average Bonchev–Trinajstić information content (AvgIpc) is 1.60. The SMILES string of the molecule is CN1CN=CC(C)(C)O1. The largest absolute Gasteiger partial charge is 0.286 e.